The second-order valence-electron chi connectivity index (χ2n) is 5.77. The SMILES string of the molecule is CNc1cc(C(=O)N(C)C(C)C(C)(C)C)cc(Cl)n1. The van der Waals surface area contributed by atoms with Gasteiger partial charge in [-0.15, -0.1) is 0 Å². The summed E-state index contributed by atoms with van der Waals surface area (Å²) in [5.41, 5.74) is 0.565. The average Bonchev–Trinajstić information content (AvgIpc) is 2.34. The van der Waals surface area contributed by atoms with Gasteiger partial charge in [-0.2, -0.15) is 0 Å². The van der Waals surface area contributed by atoms with Crippen LogP contribution in [0.25, 0.3) is 0 Å². The molecule has 0 fully saturated rings. The Kier molecular flexibility index (Phi) is 4.80. The summed E-state index contributed by atoms with van der Waals surface area (Å²) in [7, 11) is 3.56. The van der Waals surface area contributed by atoms with Crippen molar-refractivity contribution in [1.29, 1.82) is 0 Å². The van der Waals surface area contributed by atoms with Crippen molar-refractivity contribution in [2.75, 3.05) is 19.4 Å². The number of hydrogen-bond donors (Lipinski definition) is 1. The summed E-state index contributed by atoms with van der Waals surface area (Å²) in [5.74, 6) is 0.538. The third kappa shape index (κ3) is 3.83. The summed E-state index contributed by atoms with van der Waals surface area (Å²) >= 11 is 5.93. The summed E-state index contributed by atoms with van der Waals surface area (Å²) in [5, 5.41) is 3.21. The maximum absolute atomic E-state index is 12.5. The number of rotatable bonds is 3. The van der Waals surface area contributed by atoms with Gasteiger partial charge in [0.2, 0.25) is 0 Å². The number of aromatic nitrogens is 1. The average molecular weight is 284 g/mol. The first-order chi connectivity index (χ1) is 8.66. The van der Waals surface area contributed by atoms with Crippen LogP contribution in [0.2, 0.25) is 5.15 Å². The highest BCUT2D eigenvalue weighted by molar-refractivity contribution is 6.29. The van der Waals surface area contributed by atoms with Crippen LogP contribution in [-0.4, -0.2) is 35.9 Å². The Morgan fingerprint density at radius 1 is 1.42 bits per heavy atom. The molecule has 1 N–H and O–H groups in total. The van der Waals surface area contributed by atoms with Gasteiger partial charge in [0.25, 0.3) is 5.91 Å². The summed E-state index contributed by atoms with van der Waals surface area (Å²) in [6.45, 7) is 8.37. The van der Waals surface area contributed by atoms with E-state index in [2.05, 4.69) is 31.1 Å². The van der Waals surface area contributed by atoms with Crippen molar-refractivity contribution in [2.24, 2.45) is 5.41 Å². The van der Waals surface area contributed by atoms with E-state index >= 15 is 0 Å². The molecule has 1 aromatic heterocycles. The molecule has 106 valence electrons. The summed E-state index contributed by atoms with van der Waals surface area (Å²) in [4.78, 5) is 18.3. The second kappa shape index (κ2) is 5.78. The minimum Gasteiger partial charge on any atom is -0.373 e. The van der Waals surface area contributed by atoms with Crippen LogP contribution in [0.1, 0.15) is 38.1 Å². The fourth-order valence-electron chi connectivity index (χ4n) is 1.71. The number of nitrogens with zero attached hydrogens (tertiary/aromatic N) is 2. The molecule has 1 atom stereocenters. The van der Waals surface area contributed by atoms with Gasteiger partial charge in [0.05, 0.1) is 0 Å². The van der Waals surface area contributed by atoms with Gasteiger partial charge in [-0.1, -0.05) is 32.4 Å². The molecule has 1 heterocycles. The Morgan fingerprint density at radius 3 is 2.47 bits per heavy atom. The summed E-state index contributed by atoms with van der Waals surface area (Å²) < 4.78 is 0. The lowest BCUT2D eigenvalue weighted by Gasteiger charge is -2.35. The Balaban J connectivity index is 3.03. The minimum atomic E-state index is -0.0526. The molecule has 19 heavy (non-hydrogen) atoms. The molecule has 1 amide bonds. The third-order valence-corrected chi connectivity index (χ3v) is 3.65. The molecule has 0 spiro atoms. The van der Waals surface area contributed by atoms with Gasteiger partial charge in [-0.25, -0.2) is 4.98 Å². The maximum Gasteiger partial charge on any atom is 0.254 e. The largest absolute Gasteiger partial charge is 0.373 e. The second-order valence-corrected chi connectivity index (χ2v) is 6.16. The first-order valence-corrected chi connectivity index (χ1v) is 6.67. The summed E-state index contributed by atoms with van der Waals surface area (Å²) in [6.07, 6.45) is 0. The van der Waals surface area contributed by atoms with E-state index in [1.807, 2.05) is 14.0 Å². The lowest BCUT2D eigenvalue weighted by atomic mass is 9.87. The fourth-order valence-corrected chi connectivity index (χ4v) is 1.92. The quantitative estimate of drug-likeness (QED) is 0.866. The monoisotopic (exact) mass is 283 g/mol. The highest BCUT2D eigenvalue weighted by atomic mass is 35.5. The molecule has 4 nitrogen and oxygen atoms in total. The van der Waals surface area contributed by atoms with Gasteiger partial charge in [0, 0.05) is 25.7 Å². The number of nitrogens with one attached hydrogen (secondary N) is 1. The normalized spacial score (nSPS) is 13.0. The first kappa shape index (κ1) is 15.8. The van der Waals surface area contributed by atoms with E-state index in [0.29, 0.717) is 16.5 Å². The van der Waals surface area contributed by atoms with Crippen molar-refractivity contribution in [2.45, 2.75) is 33.7 Å². The fraction of sp³-hybridized carbons (Fsp3) is 0.571. The zero-order chi connectivity index (χ0) is 14.8. The molecule has 1 rings (SSSR count). The molecular weight excluding hydrogens is 262 g/mol. The van der Waals surface area contributed by atoms with E-state index < -0.39 is 0 Å². The highest BCUT2D eigenvalue weighted by Crippen LogP contribution is 2.25. The number of pyridine rings is 1. The van der Waals surface area contributed by atoms with Crippen molar-refractivity contribution in [3.8, 4) is 0 Å². The molecule has 0 saturated heterocycles. The van der Waals surface area contributed by atoms with Gasteiger partial charge in [-0.3, -0.25) is 4.79 Å². The van der Waals surface area contributed by atoms with E-state index in [1.54, 1.807) is 24.1 Å². The predicted molar refractivity (Wildman–Crippen MR) is 79.8 cm³/mol. The number of carbonyl (C=O) groups excluding carboxylic acids is 1. The molecule has 0 aromatic carbocycles. The van der Waals surface area contributed by atoms with Crippen LogP contribution in [-0.2, 0) is 0 Å². The molecule has 0 saturated carbocycles. The lowest BCUT2D eigenvalue weighted by molar-refractivity contribution is 0.0629. The molecular formula is C14H22ClN3O. The van der Waals surface area contributed by atoms with E-state index in [-0.39, 0.29) is 17.4 Å². The Labute approximate surface area is 120 Å². The molecule has 0 aliphatic carbocycles. The van der Waals surface area contributed by atoms with Crippen molar-refractivity contribution in [3.63, 3.8) is 0 Å². The van der Waals surface area contributed by atoms with Crippen LogP contribution < -0.4 is 5.32 Å². The number of hydrogen-bond acceptors (Lipinski definition) is 3. The zero-order valence-electron chi connectivity index (χ0n) is 12.4. The van der Waals surface area contributed by atoms with Crippen LogP contribution in [0.4, 0.5) is 5.82 Å². The van der Waals surface area contributed by atoms with Crippen molar-refractivity contribution in [3.05, 3.63) is 22.8 Å². The topological polar surface area (TPSA) is 45.2 Å². The number of carbonyl (C=O) groups is 1. The van der Waals surface area contributed by atoms with E-state index in [9.17, 15) is 4.79 Å². The molecule has 1 unspecified atom stereocenters. The number of anilines is 1. The van der Waals surface area contributed by atoms with E-state index in [0.717, 1.165) is 0 Å². The van der Waals surface area contributed by atoms with Crippen LogP contribution in [0.5, 0.6) is 0 Å². The Bertz CT molecular complexity index is 468. The smallest absolute Gasteiger partial charge is 0.254 e. The predicted octanol–water partition coefficient (Wildman–Crippen LogP) is 3.28. The standard InChI is InChI=1S/C14H22ClN3O/c1-9(14(2,3)4)18(6)13(19)10-7-11(15)17-12(8-10)16-5/h7-9H,1-6H3,(H,16,17). The Morgan fingerprint density at radius 2 is 2.00 bits per heavy atom. The van der Waals surface area contributed by atoms with Gasteiger partial charge in [-0.05, 0) is 24.5 Å². The van der Waals surface area contributed by atoms with Crippen molar-refractivity contribution < 1.29 is 4.79 Å². The number of amides is 1. The minimum absolute atomic E-state index is 0.0209. The third-order valence-electron chi connectivity index (χ3n) is 3.45. The van der Waals surface area contributed by atoms with Crippen LogP contribution in [0.15, 0.2) is 12.1 Å². The van der Waals surface area contributed by atoms with Gasteiger partial charge in [0.1, 0.15) is 11.0 Å². The lowest BCUT2D eigenvalue weighted by Crippen LogP contribution is -2.43. The van der Waals surface area contributed by atoms with Crippen LogP contribution in [0, 0.1) is 5.41 Å². The molecule has 0 bridgehead atoms. The molecule has 0 radical (unpaired) electrons. The van der Waals surface area contributed by atoms with Crippen molar-refractivity contribution in [1.82, 2.24) is 9.88 Å². The van der Waals surface area contributed by atoms with Crippen molar-refractivity contribution >= 4 is 23.3 Å². The van der Waals surface area contributed by atoms with Crippen LogP contribution >= 0.6 is 11.6 Å². The molecule has 5 heteroatoms. The summed E-state index contributed by atoms with van der Waals surface area (Å²) in [6, 6.07) is 3.42. The maximum atomic E-state index is 12.5. The Hall–Kier alpha value is -1.29. The molecule has 0 aliphatic heterocycles. The first-order valence-electron chi connectivity index (χ1n) is 6.29. The zero-order valence-corrected chi connectivity index (χ0v) is 13.2. The number of halogens is 1. The molecule has 0 aliphatic rings. The van der Waals surface area contributed by atoms with Crippen LogP contribution in [0.3, 0.4) is 0 Å². The van der Waals surface area contributed by atoms with Gasteiger partial charge in [0.15, 0.2) is 0 Å². The van der Waals surface area contributed by atoms with Gasteiger partial charge < -0.3 is 10.2 Å². The van der Waals surface area contributed by atoms with E-state index in [4.69, 9.17) is 11.6 Å². The van der Waals surface area contributed by atoms with E-state index in [1.165, 1.54) is 0 Å². The van der Waals surface area contributed by atoms with Gasteiger partial charge >= 0.3 is 0 Å². The molecule has 1 aromatic rings. The highest BCUT2D eigenvalue weighted by Gasteiger charge is 2.27.